The summed E-state index contributed by atoms with van der Waals surface area (Å²) in [5.74, 6) is 0.360. The van der Waals surface area contributed by atoms with Gasteiger partial charge in [0.1, 0.15) is 5.75 Å². The van der Waals surface area contributed by atoms with E-state index in [9.17, 15) is 5.11 Å². The molecule has 3 nitrogen and oxygen atoms in total. The Kier molecular flexibility index (Phi) is 3.55. The van der Waals surface area contributed by atoms with Crippen molar-refractivity contribution in [3.63, 3.8) is 0 Å². The molecule has 0 spiro atoms. The van der Waals surface area contributed by atoms with Gasteiger partial charge in [0, 0.05) is 17.4 Å². The molecule has 2 N–H and O–H groups in total. The molecule has 1 unspecified atom stereocenters. The smallest absolute Gasteiger partial charge is 0.123 e. The molecule has 0 bridgehead atoms. The Morgan fingerprint density at radius 2 is 2.05 bits per heavy atom. The normalized spacial score (nSPS) is 12.5. The third kappa shape index (κ3) is 2.59. The van der Waals surface area contributed by atoms with Crippen molar-refractivity contribution in [2.24, 2.45) is 0 Å². The molecular weight excluding hydrogens is 280 g/mol. The number of aromatic hydroxyl groups is 1. The van der Waals surface area contributed by atoms with Gasteiger partial charge in [-0.2, -0.15) is 0 Å². The SMILES string of the molecule is Cc1ccc(NC(C)c2cnc3ccsc3c2)c(C)c1O. The zero-order chi connectivity index (χ0) is 15.0. The number of aromatic nitrogens is 1. The summed E-state index contributed by atoms with van der Waals surface area (Å²) in [7, 11) is 0. The number of phenolic OH excluding ortho intramolecular Hbond substituents is 1. The van der Waals surface area contributed by atoms with Crippen LogP contribution in [0.15, 0.2) is 35.8 Å². The average molecular weight is 298 g/mol. The standard InChI is InChI=1S/C17H18N2OS/c1-10-4-5-14(11(2)17(10)20)19-12(3)13-8-16-15(18-9-13)6-7-21-16/h4-9,12,19-20H,1-3H3. The molecule has 0 fully saturated rings. The predicted octanol–water partition coefficient (Wildman–Crippen LogP) is 4.79. The van der Waals surface area contributed by atoms with Crippen molar-refractivity contribution >= 4 is 27.2 Å². The number of benzene rings is 1. The van der Waals surface area contributed by atoms with E-state index in [1.54, 1.807) is 11.3 Å². The van der Waals surface area contributed by atoms with Crippen molar-refractivity contribution in [1.29, 1.82) is 0 Å². The number of phenols is 1. The molecular formula is C17H18N2OS. The van der Waals surface area contributed by atoms with Crippen molar-refractivity contribution in [3.05, 3.63) is 52.5 Å². The summed E-state index contributed by atoms with van der Waals surface area (Å²) in [5, 5.41) is 15.5. The maximum atomic E-state index is 10.0. The quantitative estimate of drug-likeness (QED) is 0.730. The molecule has 2 heterocycles. The van der Waals surface area contributed by atoms with Crippen LogP contribution in [0, 0.1) is 13.8 Å². The van der Waals surface area contributed by atoms with E-state index in [2.05, 4.69) is 28.7 Å². The number of aryl methyl sites for hydroxylation is 1. The number of nitrogens with one attached hydrogen (secondary N) is 1. The fourth-order valence-electron chi connectivity index (χ4n) is 2.41. The van der Waals surface area contributed by atoms with Crippen LogP contribution in [0.1, 0.15) is 29.7 Å². The van der Waals surface area contributed by atoms with E-state index in [1.807, 2.05) is 38.2 Å². The van der Waals surface area contributed by atoms with Gasteiger partial charge in [-0.3, -0.25) is 4.98 Å². The van der Waals surface area contributed by atoms with E-state index >= 15 is 0 Å². The highest BCUT2D eigenvalue weighted by atomic mass is 32.1. The monoisotopic (exact) mass is 298 g/mol. The Labute approximate surface area is 128 Å². The first-order valence-electron chi connectivity index (χ1n) is 6.95. The molecule has 0 saturated carbocycles. The second-order valence-corrected chi connectivity index (χ2v) is 6.29. The third-order valence-corrected chi connectivity index (χ3v) is 4.68. The Bertz CT molecular complexity index is 795. The summed E-state index contributed by atoms with van der Waals surface area (Å²) in [6, 6.07) is 8.28. The summed E-state index contributed by atoms with van der Waals surface area (Å²) < 4.78 is 1.20. The van der Waals surface area contributed by atoms with Gasteiger partial charge in [-0.15, -0.1) is 11.3 Å². The maximum absolute atomic E-state index is 10.0. The van der Waals surface area contributed by atoms with Gasteiger partial charge in [0.2, 0.25) is 0 Å². The molecule has 1 atom stereocenters. The lowest BCUT2D eigenvalue weighted by atomic mass is 10.1. The fraction of sp³-hybridized carbons (Fsp3) is 0.235. The Morgan fingerprint density at radius 3 is 2.86 bits per heavy atom. The number of rotatable bonds is 3. The van der Waals surface area contributed by atoms with Gasteiger partial charge in [-0.1, -0.05) is 6.07 Å². The molecule has 3 aromatic rings. The maximum Gasteiger partial charge on any atom is 0.123 e. The molecule has 3 rings (SSSR count). The topological polar surface area (TPSA) is 45.2 Å². The van der Waals surface area contributed by atoms with E-state index in [0.29, 0.717) is 5.75 Å². The van der Waals surface area contributed by atoms with Crippen LogP contribution in [0.3, 0.4) is 0 Å². The molecule has 21 heavy (non-hydrogen) atoms. The van der Waals surface area contributed by atoms with Crippen molar-refractivity contribution in [2.45, 2.75) is 26.8 Å². The largest absolute Gasteiger partial charge is 0.507 e. The van der Waals surface area contributed by atoms with E-state index < -0.39 is 0 Å². The first-order valence-corrected chi connectivity index (χ1v) is 7.83. The zero-order valence-electron chi connectivity index (χ0n) is 12.3. The van der Waals surface area contributed by atoms with Crippen molar-refractivity contribution in [2.75, 3.05) is 5.32 Å². The summed E-state index contributed by atoms with van der Waals surface area (Å²) in [6.45, 7) is 5.94. The second-order valence-electron chi connectivity index (χ2n) is 5.34. The van der Waals surface area contributed by atoms with Gasteiger partial charge < -0.3 is 10.4 Å². The zero-order valence-corrected chi connectivity index (χ0v) is 13.2. The highest BCUT2D eigenvalue weighted by Gasteiger charge is 2.11. The number of anilines is 1. The number of nitrogens with zero attached hydrogens (tertiary/aromatic N) is 1. The summed E-state index contributed by atoms with van der Waals surface area (Å²) in [6.07, 6.45) is 1.91. The fourth-order valence-corrected chi connectivity index (χ4v) is 3.20. The molecule has 0 aliphatic heterocycles. The number of hydrogen-bond acceptors (Lipinski definition) is 4. The first-order chi connectivity index (χ1) is 10.1. The van der Waals surface area contributed by atoms with E-state index in [1.165, 1.54) is 4.70 Å². The van der Waals surface area contributed by atoms with E-state index in [0.717, 1.165) is 27.9 Å². The number of pyridine rings is 1. The Morgan fingerprint density at radius 1 is 1.24 bits per heavy atom. The molecule has 0 aliphatic carbocycles. The van der Waals surface area contributed by atoms with Gasteiger partial charge in [0.15, 0.2) is 0 Å². The minimum absolute atomic E-state index is 0.129. The molecule has 0 saturated heterocycles. The van der Waals surface area contributed by atoms with E-state index in [-0.39, 0.29) is 6.04 Å². The summed E-state index contributed by atoms with van der Waals surface area (Å²) >= 11 is 1.70. The van der Waals surface area contributed by atoms with Crippen molar-refractivity contribution < 1.29 is 5.11 Å². The summed E-state index contributed by atoms with van der Waals surface area (Å²) in [5.41, 5.74) is 4.92. The van der Waals surface area contributed by atoms with Crippen molar-refractivity contribution in [1.82, 2.24) is 4.98 Å². The Hall–Kier alpha value is -2.07. The molecule has 0 amide bonds. The van der Waals surface area contributed by atoms with Crippen LogP contribution in [0.5, 0.6) is 5.75 Å². The van der Waals surface area contributed by atoms with Crippen molar-refractivity contribution in [3.8, 4) is 5.75 Å². The van der Waals surface area contributed by atoms with Crippen LogP contribution in [0.25, 0.3) is 10.2 Å². The molecule has 4 heteroatoms. The third-order valence-electron chi connectivity index (χ3n) is 3.83. The van der Waals surface area contributed by atoms with Gasteiger partial charge in [-0.05, 0) is 55.5 Å². The van der Waals surface area contributed by atoms with Gasteiger partial charge in [0.25, 0.3) is 0 Å². The number of fused-ring (bicyclic) bond motifs is 1. The lowest BCUT2D eigenvalue weighted by molar-refractivity contribution is 0.467. The molecule has 108 valence electrons. The second kappa shape index (κ2) is 5.37. The average Bonchev–Trinajstić information content (AvgIpc) is 2.95. The Balaban J connectivity index is 1.88. The molecule has 0 aliphatic rings. The summed E-state index contributed by atoms with van der Waals surface area (Å²) in [4.78, 5) is 4.48. The lowest BCUT2D eigenvalue weighted by Gasteiger charge is -2.18. The van der Waals surface area contributed by atoms with Gasteiger partial charge >= 0.3 is 0 Å². The van der Waals surface area contributed by atoms with Crippen LogP contribution in [0.4, 0.5) is 5.69 Å². The highest BCUT2D eigenvalue weighted by molar-refractivity contribution is 7.17. The first kappa shape index (κ1) is 13.9. The van der Waals surface area contributed by atoms with Crippen LogP contribution in [0.2, 0.25) is 0 Å². The van der Waals surface area contributed by atoms with Gasteiger partial charge in [0.05, 0.1) is 16.3 Å². The predicted molar refractivity (Wildman–Crippen MR) is 89.2 cm³/mol. The highest BCUT2D eigenvalue weighted by Crippen LogP contribution is 2.31. The molecule has 1 aromatic carbocycles. The van der Waals surface area contributed by atoms with Crippen LogP contribution >= 0.6 is 11.3 Å². The molecule has 0 radical (unpaired) electrons. The van der Waals surface area contributed by atoms with Crippen LogP contribution < -0.4 is 5.32 Å². The minimum atomic E-state index is 0.129. The van der Waals surface area contributed by atoms with Crippen LogP contribution in [-0.4, -0.2) is 10.1 Å². The number of thiophene rings is 1. The van der Waals surface area contributed by atoms with Crippen LogP contribution in [-0.2, 0) is 0 Å². The lowest BCUT2D eigenvalue weighted by Crippen LogP contribution is -2.08. The molecule has 2 aromatic heterocycles. The van der Waals surface area contributed by atoms with Gasteiger partial charge in [-0.25, -0.2) is 0 Å². The minimum Gasteiger partial charge on any atom is -0.507 e. The van der Waals surface area contributed by atoms with E-state index in [4.69, 9.17) is 0 Å². The number of hydrogen-bond donors (Lipinski definition) is 2.